The Bertz CT molecular complexity index is 3310. The van der Waals surface area contributed by atoms with E-state index in [1.807, 2.05) is 30.5 Å². The first-order chi connectivity index (χ1) is 28.8. The molecule has 0 aliphatic heterocycles. The molecular weight excluding hydrogens is 946 g/mol. The molecule has 0 atom stereocenters. The third kappa shape index (κ3) is 7.08. The second-order valence-electron chi connectivity index (χ2n) is 18.0. The summed E-state index contributed by atoms with van der Waals surface area (Å²) in [6.45, 7) is 15.8. The molecular formula is C55H45N3OPtS. The van der Waals surface area contributed by atoms with E-state index in [4.69, 9.17) is 27.0 Å². The Morgan fingerprint density at radius 3 is 2.08 bits per heavy atom. The van der Waals surface area contributed by atoms with Crippen LogP contribution in [0.5, 0.6) is 0 Å². The number of aryl methyl sites for hydroxylation is 1. The molecule has 3 aromatic heterocycles. The zero-order valence-corrected chi connectivity index (χ0v) is 38.4. The molecule has 0 unspecified atom stereocenters. The van der Waals surface area contributed by atoms with Gasteiger partial charge in [0.1, 0.15) is 11.2 Å². The third-order valence-corrected chi connectivity index (χ3v) is 12.2. The van der Waals surface area contributed by atoms with Crippen LogP contribution in [0.15, 0.2) is 155 Å². The number of aromatic nitrogens is 3. The Hall–Kier alpha value is -5.87. The monoisotopic (exact) mass is 990 g/mol. The number of hydrogen-bond donors (Lipinski definition) is 0. The van der Waals surface area contributed by atoms with E-state index in [0.717, 1.165) is 94.3 Å². The molecule has 302 valence electrons. The van der Waals surface area contributed by atoms with E-state index in [1.165, 1.54) is 16.7 Å². The van der Waals surface area contributed by atoms with Gasteiger partial charge in [-0.2, -0.15) is 4.90 Å². The quantitative estimate of drug-likeness (QED) is 0.127. The van der Waals surface area contributed by atoms with Crippen molar-refractivity contribution < 1.29 is 25.5 Å². The fourth-order valence-electron chi connectivity index (χ4n) is 8.53. The maximum absolute atomic E-state index is 6.25. The topological polar surface area (TPSA) is 43.9 Å². The third-order valence-electron chi connectivity index (χ3n) is 11.9. The van der Waals surface area contributed by atoms with Gasteiger partial charge in [-0.3, -0.25) is 9.97 Å². The second kappa shape index (κ2) is 15.2. The summed E-state index contributed by atoms with van der Waals surface area (Å²) in [7, 11) is 0. The van der Waals surface area contributed by atoms with Gasteiger partial charge in [0.25, 0.3) is 0 Å². The largest absolute Gasteiger partial charge is 2.00 e. The van der Waals surface area contributed by atoms with Gasteiger partial charge in [-0.15, -0.1) is 29.8 Å². The smallest absolute Gasteiger partial charge is 0.779 e. The fraction of sp³-hybridized carbons (Fsp3) is 0.164. The molecule has 6 heteroatoms. The van der Waals surface area contributed by atoms with Gasteiger partial charge >= 0.3 is 21.1 Å². The molecule has 61 heavy (non-hydrogen) atoms. The van der Waals surface area contributed by atoms with Gasteiger partial charge in [0.05, 0.1) is 16.9 Å². The zero-order valence-electron chi connectivity index (χ0n) is 35.3. The summed E-state index contributed by atoms with van der Waals surface area (Å²) in [6.07, 6.45) is 1.91. The summed E-state index contributed by atoms with van der Waals surface area (Å²) in [5.74, 6) is 0.793. The van der Waals surface area contributed by atoms with Crippen LogP contribution in [-0.4, -0.2) is 14.5 Å². The summed E-state index contributed by atoms with van der Waals surface area (Å²) in [5.41, 5.74) is 16.2. The van der Waals surface area contributed by atoms with E-state index in [1.54, 1.807) is 0 Å². The average Bonchev–Trinajstić information content (AvgIpc) is 3.81. The van der Waals surface area contributed by atoms with Gasteiger partial charge in [-0.05, 0) is 93.4 Å². The molecule has 0 saturated heterocycles. The number of rotatable bonds is 5. The van der Waals surface area contributed by atoms with Gasteiger partial charge in [0.2, 0.25) is 0 Å². The molecule has 0 aliphatic carbocycles. The zero-order chi connectivity index (χ0) is 41.5. The first-order valence-corrected chi connectivity index (χ1v) is 21.0. The summed E-state index contributed by atoms with van der Waals surface area (Å²) in [5, 5.41) is 3.25. The van der Waals surface area contributed by atoms with E-state index in [-0.39, 0.29) is 31.9 Å². The Kier molecular flexibility index (Phi) is 10.1. The molecule has 10 rings (SSSR count). The van der Waals surface area contributed by atoms with E-state index in [2.05, 4.69) is 174 Å². The molecule has 4 nitrogen and oxygen atoms in total. The number of pyridine rings is 1. The van der Waals surface area contributed by atoms with Crippen LogP contribution >= 0.6 is 0 Å². The number of benzene rings is 7. The van der Waals surface area contributed by atoms with Crippen molar-refractivity contribution in [1.82, 2.24) is 14.5 Å². The van der Waals surface area contributed by atoms with Crippen molar-refractivity contribution >= 4 is 56.5 Å². The number of nitrogens with zero attached hydrogens (tertiary/aromatic N) is 3. The van der Waals surface area contributed by atoms with E-state index < -0.39 is 0 Å². The fourth-order valence-corrected chi connectivity index (χ4v) is 8.81. The average molecular weight is 991 g/mol. The van der Waals surface area contributed by atoms with Crippen molar-refractivity contribution in [2.24, 2.45) is 0 Å². The van der Waals surface area contributed by atoms with Crippen LogP contribution in [0.2, 0.25) is 0 Å². The van der Waals surface area contributed by atoms with Gasteiger partial charge in [0, 0.05) is 39.3 Å². The summed E-state index contributed by atoms with van der Waals surface area (Å²) < 4.78 is 8.57. The molecule has 0 aliphatic rings. The standard InChI is InChI=1S/C55H46N3OS.Pt/c1-33-25-26-56-51-41(33)29-38(55(5,6)7)30-43(51)35-17-13-18-36(27-35)53-57-52-40(45-31-44-39-19-11-12-22-48(39)59-49(44)32-50(45)60)20-14-21-47(52)58(53)46-24-23-37(54(2,3)4)28-42(46)34-15-9-8-10-16-34;/h8-26,28-32,60H,1-7H3;/q-1;+2/p-1. The number of imidazole rings is 1. The van der Waals surface area contributed by atoms with Crippen LogP contribution in [0.4, 0.5) is 0 Å². The number of para-hydroxylation sites is 2. The summed E-state index contributed by atoms with van der Waals surface area (Å²) in [6, 6.07) is 53.3. The molecule has 0 N–H and O–H groups in total. The molecule has 0 amide bonds. The van der Waals surface area contributed by atoms with Crippen molar-refractivity contribution in [2.75, 3.05) is 0 Å². The van der Waals surface area contributed by atoms with Crippen molar-refractivity contribution in [3.8, 4) is 50.5 Å². The first-order valence-electron chi connectivity index (χ1n) is 20.6. The van der Waals surface area contributed by atoms with Crippen LogP contribution in [-0.2, 0) is 44.5 Å². The molecule has 0 spiro atoms. The van der Waals surface area contributed by atoms with E-state index >= 15 is 0 Å². The molecule has 0 bridgehead atoms. The normalized spacial score (nSPS) is 12.1. The van der Waals surface area contributed by atoms with Crippen LogP contribution in [0, 0.1) is 13.0 Å². The molecule has 3 heterocycles. The Morgan fingerprint density at radius 1 is 0.574 bits per heavy atom. The molecule has 0 radical (unpaired) electrons. The van der Waals surface area contributed by atoms with E-state index in [0.29, 0.717) is 4.90 Å². The number of fused-ring (bicyclic) bond motifs is 5. The van der Waals surface area contributed by atoms with Crippen molar-refractivity contribution in [3.63, 3.8) is 0 Å². The minimum atomic E-state index is -0.0599. The van der Waals surface area contributed by atoms with Crippen molar-refractivity contribution in [1.29, 1.82) is 0 Å². The summed E-state index contributed by atoms with van der Waals surface area (Å²) >= 11 is 6.14. The Balaban J connectivity index is 0.00000476. The maximum atomic E-state index is 6.25. The second-order valence-corrected chi connectivity index (χ2v) is 18.5. The Labute approximate surface area is 377 Å². The Morgan fingerprint density at radius 2 is 1.30 bits per heavy atom. The van der Waals surface area contributed by atoms with E-state index in [9.17, 15) is 0 Å². The van der Waals surface area contributed by atoms with Crippen molar-refractivity contribution in [2.45, 2.75) is 64.2 Å². The SMILES string of the molecule is Cc1ccnc2c(-c3[c-]c(-c4nc5c(-c6cc7c(cc6[S-])oc6ccccc67)cccc5n4-c4ccc(C(C)(C)C)cc4-c4ccccc4)ccc3)cc(C(C)(C)C)cc12.[Pt+2]. The predicted molar refractivity (Wildman–Crippen MR) is 252 cm³/mol. The van der Waals surface area contributed by atoms with Crippen LogP contribution in [0.3, 0.4) is 0 Å². The van der Waals surface area contributed by atoms with Gasteiger partial charge in [0.15, 0.2) is 0 Å². The molecule has 7 aromatic carbocycles. The van der Waals surface area contributed by atoms with Gasteiger partial charge in [-0.1, -0.05) is 132 Å². The minimum Gasteiger partial charge on any atom is -0.779 e. The van der Waals surface area contributed by atoms with Gasteiger partial charge < -0.3 is 21.6 Å². The molecule has 0 saturated carbocycles. The van der Waals surface area contributed by atoms with Crippen LogP contribution < -0.4 is 0 Å². The van der Waals surface area contributed by atoms with Gasteiger partial charge in [-0.25, -0.2) is 0 Å². The number of hydrogen-bond acceptors (Lipinski definition) is 4. The van der Waals surface area contributed by atoms with Crippen LogP contribution in [0.25, 0.3) is 94.3 Å². The summed E-state index contributed by atoms with van der Waals surface area (Å²) in [4.78, 5) is 11.3. The van der Waals surface area contributed by atoms with Crippen LogP contribution in [0.1, 0.15) is 58.2 Å². The minimum absolute atomic E-state index is 0. The number of furan rings is 1. The first kappa shape index (κ1) is 40.5. The molecule has 10 aromatic rings. The predicted octanol–water partition coefficient (Wildman–Crippen LogP) is 14.7. The maximum Gasteiger partial charge on any atom is 2.00 e. The van der Waals surface area contributed by atoms with Crippen molar-refractivity contribution in [3.05, 3.63) is 168 Å². The molecule has 0 fully saturated rings.